The van der Waals surface area contributed by atoms with Gasteiger partial charge in [-0.25, -0.2) is 15.0 Å². The summed E-state index contributed by atoms with van der Waals surface area (Å²) in [5.74, 6) is 2.05. The normalized spacial score (nSPS) is 11.0. The largest absolute Gasteiger partial charge is 0.208 e. The van der Waals surface area contributed by atoms with Gasteiger partial charge in [0.25, 0.3) is 0 Å². The van der Waals surface area contributed by atoms with Gasteiger partial charge in [-0.05, 0) is 44.4 Å². The zero-order chi connectivity index (χ0) is 22.9. The predicted molar refractivity (Wildman–Crippen MR) is 138 cm³/mol. The fourth-order valence-electron chi connectivity index (χ4n) is 3.84. The molecule has 5 aromatic rings. The third-order valence-corrected chi connectivity index (χ3v) is 7.43. The van der Waals surface area contributed by atoms with Gasteiger partial charge in [0.15, 0.2) is 17.5 Å². The highest BCUT2D eigenvalue weighted by Gasteiger charge is 2.14. The second-order valence-electron chi connectivity index (χ2n) is 8.35. The summed E-state index contributed by atoms with van der Waals surface area (Å²) < 4.78 is 0. The van der Waals surface area contributed by atoms with Crippen LogP contribution in [0.2, 0.25) is 0 Å². The first-order chi connectivity index (χ1) is 16.0. The maximum absolute atomic E-state index is 4.85. The number of nitrogens with zero attached hydrogens (tertiary/aromatic N) is 3. The van der Waals surface area contributed by atoms with Gasteiger partial charge in [-0.3, -0.25) is 0 Å². The topological polar surface area (TPSA) is 38.7 Å². The molecule has 0 atom stereocenters. The number of benzene rings is 3. The molecule has 0 spiro atoms. The summed E-state index contributed by atoms with van der Waals surface area (Å²) in [4.78, 5) is 17.2. The van der Waals surface area contributed by atoms with Crippen molar-refractivity contribution in [3.63, 3.8) is 0 Å². The SMILES string of the molecule is Cc1ccc(-c2nc(-c3ccccc3)nc(-c3ccc(-c4sc(C)c(C)c4C)cc3)n2)cc1. The molecule has 4 heteroatoms. The second-order valence-corrected chi connectivity index (χ2v) is 9.58. The molecule has 0 N–H and O–H groups in total. The highest BCUT2D eigenvalue weighted by atomic mass is 32.1. The molecule has 2 heterocycles. The molecule has 33 heavy (non-hydrogen) atoms. The van der Waals surface area contributed by atoms with Crippen molar-refractivity contribution in [1.82, 2.24) is 15.0 Å². The lowest BCUT2D eigenvalue weighted by Gasteiger charge is -2.09. The summed E-state index contributed by atoms with van der Waals surface area (Å²) in [6, 6.07) is 27.0. The minimum absolute atomic E-state index is 0.681. The summed E-state index contributed by atoms with van der Waals surface area (Å²) in [6.45, 7) is 8.67. The summed E-state index contributed by atoms with van der Waals surface area (Å²) in [6.07, 6.45) is 0. The predicted octanol–water partition coefficient (Wildman–Crippen LogP) is 7.83. The van der Waals surface area contributed by atoms with Crippen molar-refractivity contribution in [3.05, 3.63) is 100 Å². The van der Waals surface area contributed by atoms with Crippen molar-refractivity contribution in [3.8, 4) is 44.6 Å². The first-order valence-electron chi connectivity index (χ1n) is 11.1. The molecule has 0 amide bonds. The maximum atomic E-state index is 4.85. The number of aryl methyl sites for hydroxylation is 2. The Bertz CT molecular complexity index is 1420. The molecule has 3 aromatic carbocycles. The number of hydrogen-bond donors (Lipinski definition) is 0. The van der Waals surface area contributed by atoms with Crippen LogP contribution in [0, 0.1) is 27.7 Å². The minimum Gasteiger partial charge on any atom is -0.208 e. The molecule has 3 nitrogen and oxygen atoms in total. The number of aromatic nitrogens is 3. The van der Waals surface area contributed by atoms with E-state index in [0.717, 1.165) is 16.7 Å². The Morgan fingerprint density at radius 1 is 0.485 bits per heavy atom. The lowest BCUT2D eigenvalue weighted by molar-refractivity contribution is 1.07. The molecule has 162 valence electrons. The van der Waals surface area contributed by atoms with Crippen LogP contribution in [-0.2, 0) is 0 Å². The van der Waals surface area contributed by atoms with Crippen LogP contribution in [0.1, 0.15) is 21.6 Å². The van der Waals surface area contributed by atoms with E-state index in [2.05, 4.69) is 76.2 Å². The van der Waals surface area contributed by atoms with E-state index in [1.165, 1.54) is 32.0 Å². The van der Waals surface area contributed by atoms with Crippen molar-refractivity contribution in [2.24, 2.45) is 0 Å². The smallest absolute Gasteiger partial charge is 0.164 e. The molecular formula is C29H25N3S. The third kappa shape index (κ3) is 4.22. The first kappa shape index (κ1) is 21.2. The highest BCUT2D eigenvalue weighted by molar-refractivity contribution is 7.15. The molecule has 0 fully saturated rings. The van der Waals surface area contributed by atoms with E-state index in [0.29, 0.717) is 17.5 Å². The van der Waals surface area contributed by atoms with E-state index in [9.17, 15) is 0 Å². The van der Waals surface area contributed by atoms with Gasteiger partial charge >= 0.3 is 0 Å². The Balaban J connectivity index is 1.60. The Morgan fingerprint density at radius 3 is 1.42 bits per heavy atom. The fourth-order valence-corrected chi connectivity index (χ4v) is 5.01. The van der Waals surface area contributed by atoms with Crippen LogP contribution < -0.4 is 0 Å². The third-order valence-electron chi connectivity index (χ3n) is 6.07. The number of rotatable bonds is 4. The lowest BCUT2D eigenvalue weighted by atomic mass is 10.0. The molecule has 0 aliphatic heterocycles. The summed E-state index contributed by atoms with van der Waals surface area (Å²) in [7, 11) is 0. The molecule has 0 bridgehead atoms. The monoisotopic (exact) mass is 447 g/mol. The fraction of sp³-hybridized carbons (Fsp3) is 0.138. The van der Waals surface area contributed by atoms with E-state index in [4.69, 9.17) is 15.0 Å². The Kier molecular flexibility index (Phi) is 5.61. The van der Waals surface area contributed by atoms with Gasteiger partial charge in [-0.15, -0.1) is 11.3 Å². The van der Waals surface area contributed by atoms with Gasteiger partial charge in [-0.2, -0.15) is 0 Å². The molecule has 0 aliphatic carbocycles. The summed E-state index contributed by atoms with van der Waals surface area (Å²) in [5, 5.41) is 0. The molecule has 2 aromatic heterocycles. The van der Waals surface area contributed by atoms with Crippen LogP contribution in [-0.4, -0.2) is 15.0 Å². The molecule has 0 aliphatic rings. The molecule has 0 unspecified atom stereocenters. The van der Waals surface area contributed by atoms with Gasteiger partial charge in [0.1, 0.15) is 0 Å². The van der Waals surface area contributed by atoms with E-state index in [1.54, 1.807) is 0 Å². The summed E-state index contributed by atoms with van der Waals surface area (Å²) in [5.41, 5.74) is 8.12. The molecule has 5 rings (SSSR count). The van der Waals surface area contributed by atoms with E-state index < -0.39 is 0 Å². The van der Waals surface area contributed by atoms with Crippen molar-refractivity contribution in [2.45, 2.75) is 27.7 Å². The van der Waals surface area contributed by atoms with Crippen LogP contribution in [0.5, 0.6) is 0 Å². The molecule has 0 saturated heterocycles. The van der Waals surface area contributed by atoms with Crippen molar-refractivity contribution >= 4 is 11.3 Å². The average molecular weight is 448 g/mol. The zero-order valence-electron chi connectivity index (χ0n) is 19.3. The highest BCUT2D eigenvalue weighted by Crippen LogP contribution is 2.36. The zero-order valence-corrected chi connectivity index (χ0v) is 20.1. The number of hydrogen-bond acceptors (Lipinski definition) is 4. The molecular weight excluding hydrogens is 422 g/mol. The van der Waals surface area contributed by atoms with Crippen molar-refractivity contribution in [2.75, 3.05) is 0 Å². The number of thiophene rings is 1. The molecule has 0 saturated carbocycles. The Labute approximate surface area is 198 Å². The van der Waals surface area contributed by atoms with Crippen LogP contribution in [0.25, 0.3) is 44.6 Å². The summed E-state index contributed by atoms with van der Waals surface area (Å²) >= 11 is 1.86. The average Bonchev–Trinajstić information content (AvgIpc) is 3.12. The first-order valence-corrected chi connectivity index (χ1v) is 11.9. The van der Waals surface area contributed by atoms with Crippen LogP contribution >= 0.6 is 11.3 Å². The van der Waals surface area contributed by atoms with Gasteiger partial charge < -0.3 is 0 Å². The van der Waals surface area contributed by atoms with E-state index >= 15 is 0 Å². The van der Waals surface area contributed by atoms with Gasteiger partial charge in [0.05, 0.1) is 0 Å². The van der Waals surface area contributed by atoms with Crippen LogP contribution in [0.15, 0.2) is 78.9 Å². The second kappa shape index (κ2) is 8.72. The van der Waals surface area contributed by atoms with Gasteiger partial charge in [0, 0.05) is 26.4 Å². The standard InChI is InChI=1S/C29H25N3S/c1-18-10-12-24(13-11-18)28-30-27(23-8-6-5-7-9-23)31-29(32-28)25-16-14-22(15-17-25)26-20(3)19(2)21(4)33-26/h5-17H,1-4H3. The quantitative estimate of drug-likeness (QED) is 0.282. The van der Waals surface area contributed by atoms with E-state index in [-0.39, 0.29) is 0 Å². The van der Waals surface area contributed by atoms with Gasteiger partial charge in [0.2, 0.25) is 0 Å². The van der Waals surface area contributed by atoms with Crippen molar-refractivity contribution in [1.29, 1.82) is 0 Å². The minimum atomic E-state index is 0.681. The Hall–Kier alpha value is -3.63. The lowest BCUT2D eigenvalue weighted by Crippen LogP contribution is -2.00. The van der Waals surface area contributed by atoms with Crippen LogP contribution in [0.4, 0.5) is 0 Å². The maximum Gasteiger partial charge on any atom is 0.164 e. The Morgan fingerprint density at radius 2 is 0.939 bits per heavy atom. The van der Waals surface area contributed by atoms with Gasteiger partial charge in [-0.1, -0.05) is 84.4 Å². The molecule has 0 radical (unpaired) electrons. The van der Waals surface area contributed by atoms with Crippen LogP contribution in [0.3, 0.4) is 0 Å². The van der Waals surface area contributed by atoms with Crippen molar-refractivity contribution < 1.29 is 0 Å². The van der Waals surface area contributed by atoms with E-state index in [1.807, 2.05) is 41.7 Å².